The third kappa shape index (κ3) is 22.2. The average Bonchev–Trinajstić information content (AvgIpc) is 2.82. The lowest BCUT2D eigenvalue weighted by molar-refractivity contribution is -0.127. The minimum atomic E-state index is -0.673. The van der Waals surface area contributed by atoms with Crippen molar-refractivity contribution in [2.24, 2.45) is 5.92 Å². The number of nitrogens with one attached hydrogen (secondary N) is 3. The molecule has 0 rings (SSSR count). The summed E-state index contributed by atoms with van der Waals surface area (Å²) in [6.45, 7) is 9.03. The minimum Gasteiger partial charge on any atom is -0.353 e. The second kappa shape index (κ2) is 20.6. The second-order valence-electron chi connectivity index (χ2n) is 11.4. The molecule has 0 saturated carbocycles. The third-order valence-corrected chi connectivity index (χ3v) is 6.55. The molecule has 0 aromatic heterocycles. The summed E-state index contributed by atoms with van der Waals surface area (Å²) in [6.07, 6.45) is 2.28. The van der Waals surface area contributed by atoms with E-state index in [0.717, 1.165) is 0 Å². The predicted molar refractivity (Wildman–Crippen MR) is 154 cm³/mol. The van der Waals surface area contributed by atoms with E-state index in [2.05, 4.69) is 16.0 Å². The Hall–Kier alpha value is -3.24. The minimum absolute atomic E-state index is 0.0297. The van der Waals surface area contributed by atoms with E-state index in [1.54, 1.807) is 0 Å². The van der Waals surface area contributed by atoms with Crippen molar-refractivity contribution in [2.75, 3.05) is 0 Å². The summed E-state index contributed by atoms with van der Waals surface area (Å²) in [7, 11) is 0. The molecule has 0 bridgehead atoms. The molecule has 0 heterocycles. The van der Waals surface area contributed by atoms with Gasteiger partial charge < -0.3 is 35.1 Å². The molecular formula is C30H49N3O8. The van der Waals surface area contributed by atoms with Crippen LogP contribution in [0, 0.1) is 5.92 Å². The van der Waals surface area contributed by atoms with Crippen molar-refractivity contribution in [3.63, 3.8) is 0 Å². The van der Waals surface area contributed by atoms with E-state index in [1.807, 2.05) is 6.92 Å². The number of Topliss-reactive ketones (excluding diaryl/α,β-unsaturated/α-hetero) is 5. The van der Waals surface area contributed by atoms with Crippen LogP contribution in [0.15, 0.2) is 0 Å². The highest BCUT2D eigenvalue weighted by molar-refractivity contribution is 5.83. The monoisotopic (exact) mass is 579 g/mol. The fourth-order valence-electron chi connectivity index (χ4n) is 4.33. The molecule has 3 N–H and O–H groups in total. The van der Waals surface area contributed by atoms with Crippen LogP contribution in [0.4, 0.5) is 0 Å². The zero-order chi connectivity index (χ0) is 31.5. The number of hydrogen-bond donors (Lipinski definition) is 3. The van der Waals surface area contributed by atoms with Crippen LogP contribution in [0.1, 0.15) is 119 Å². The van der Waals surface area contributed by atoms with Crippen LogP contribution in [0.25, 0.3) is 0 Å². The first-order chi connectivity index (χ1) is 19.1. The predicted octanol–water partition coefficient (Wildman–Crippen LogP) is 2.70. The summed E-state index contributed by atoms with van der Waals surface area (Å²) in [5, 5.41) is 8.38. The maximum atomic E-state index is 13.0. The highest BCUT2D eigenvalue weighted by Gasteiger charge is 2.23. The van der Waals surface area contributed by atoms with Crippen molar-refractivity contribution in [3.05, 3.63) is 0 Å². The number of ketones is 5. The van der Waals surface area contributed by atoms with Gasteiger partial charge in [-0.3, -0.25) is 19.2 Å². The van der Waals surface area contributed by atoms with Crippen molar-refractivity contribution in [1.29, 1.82) is 0 Å². The number of carbonyl (C=O) groups excluding carboxylic acids is 8. The molecule has 0 aromatic carbocycles. The van der Waals surface area contributed by atoms with Gasteiger partial charge in [-0.2, -0.15) is 0 Å². The van der Waals surface area contributed by atoms with Gasteiger partial charge in [0.2, 0.25) is 17.7 Å². The van der Waals surface area contributed by atoms with Gasteiger partial charge in [-0.25, -0.2) is 0 Å². The maximum absolute atomic E-state index is 13.0. The molecule has 0 aliphatic rings. The van der Waals surface area contributed by atoms with E-state index in [4.69, 9.17) is 0 Å². The Balaban J connectivity index is 5.33. The largest absolute Gasteiger partial charge is 0.353 e. The van der Waals surface area contributed by atoms with Crippen LogP contribution in [-0.4, -0.2) is 64.8 Å². The third-order valence-electron chi connectivity index (χ3n) is 6.55. The van der Waals surface area contributed by atoms with E-state index in [1.165, 1.54) is 34.6 Å². The number of carbonyl (C=O) groups is 8. The van der Waals surface area contributed by atoms with E-state index >= 15 is 0 Å². The maximum Gasteiger partial charge on any atom is 0.222 e. The first-order valence-electron chi connectivity index (χ1n) is 14.4. The normalized spacial score (nSPS) is 13.7. The van der Waals surface area contributed by atoms with Crippen molar-refractivity contribution in [1.82, 2.24) is 16.0 Å². The van der Waals surface area contributed by atoms with Crippen molar-refractivity contribution >= 4 is 46.6 Å². The molecule has 0 aromatic rings. The molecule has 0 aliphatic heterocycles. The van der Waals surface area contributed by atoms with E-state index in [0.29, 0.717) is 19.3 Å². The highest BCUT2D eigenvalue weighted by Crippen LogP contribution is 2.13. The van der Waals surface area contributed by atoms with Gasteiger partial charge in [0.15, 0.2) is 0 Å². The number of rotatable bonds is 23. The van der Waals surface area contributed by atoms with Gasteiger partial charge in [-0.15, -0.1) is 0 Å². The van der Waals surface area contributed by atoms with Crippen LogP contribution in [0.2, 0.25) is 0 Å². The molecule has 3 amide bonds. The fourth-order valence-corrected chi connectivity index (χ4v) is 4.33. The Morgan fingerprint density at radius 2 is 0.707 bits per heavy atom. The molecule has 232 valence electrons. The van der Waals surface area contributed by atoms with E-state index in [-0.39, 0.29) is 98.5 Å². The molecule has 0 aliphatic carbocycles. The van der Waals surface area contributed by atoms with Gasteiger partial charge in [0.1, 0.15) is 28.9 Å². The lowest BCUT2D eigenvalue weighted by Crippen LogP contribution is -2.45. The Morgan fingerprint density at radius 1 is 0.415 bits per heavy atom. The summed E-state index contributed by atoms with van der Waals surface area (Å²) in [5.74, 6) is -1.51. The lowest BCUT2D eigenvalue weighted by atomic mass is 9.99. The molecule has 41 heavy (non-hydrogen) atoms. The highest BCUT2D eigenvalue weighted by atomic mass is 16.2. The van der Waals surface area contributed by atoms with Crippen LogP contribution in [0.3, 0.4) is 0 Å². The molecule has 0 radical (unpaired) electrons. The quantitative estimate of drug-likeness (QED) is 0.166. The number of amides is 3. The second-order valence-corrected chi connectivity index (χ2v) is 11.4. The van der Waals surface area contributed by atoms with Crippen molar-refractivity contribution in [2.45, 2.75) is 137 Å². The summed E-state index contributed by atoms with van der Waals surface area (Å²) in [5.41, 5.74) is 0. The first-order valence-corrected chi connectivity index (χ1v) is 14.4. The smallest absolute Gasteiger partial charge is 0.222 e. The van der Waals surface area contributed by atoms with Gasteiger partial charge in [0.05, 0.1) is 0 Å². The molecule has 11 heteroatoms. The molecular weight excluding hydrogens is 530 g/mol. The van der Waals surface area contributed by atoms with E-state index < -0.39 is 29.9 Å². The van der Waals surface area contributed by atoms with Gasteiger partial charge in [-0.05, 0) is 66.2 Å². The lowest BCUT2D eigenvalue weighted by Gasteiger charge is -2.23. The van der Waals surface area contributed by atoms with Crippen molar-refractivity contribution < 1.29 is 38.4 Å². The fraction of sp³-hybridized carbons (Fsp3) is 0.733. The topological polar surface area (TPSA) is 173 Å². The zero-order valence-corrected chi connectivity index (χ0v) is 25.6. The Kier molecular flexibility index (Phi) is 19.0. The van der Waals surface area contributed by atoms with Gasteiger partial charge in [-0.1, -0.05) is 6.92 Å². The van der Waals surface area contributed by atoms with Crippen LogP contribution >= 0.6 is 0 Å². The summed E-state index contributed by atoms with van der Waals surface area (Å²) in [4.78, 5) is 95.8. The summed E-state index contributed by atoms with van der Waals surface area (Å²) >= 11 is 0. The SMILES string of the molecule is CC(=O)CCC(C)CC(=O)NC(CCC(C)=O)CC(=O)NC(CCC(C)=O)CC(=O)NC(CCC(C)=O)CC(C)=O. The Morgan fingerprint density at radius 3 is 1.02 bits per heavy atom. The van der Waals surface area contributed by atoms with Gasteiger partial charge in [0.25, 0.3) is 0 Å². The van der Waals surface area contributed by atoms with Crippen LogP contribution in [0.5, 0.6) is 0 Å². The van der Waals surface area contributed by atoms with E-state index in [9.17, 15) is 38.4 Å². The zero-order valence-electron chi connectivity index (χ0n) is 25.6. The molecule has 4 unspecified atom stereocenters. The Labute approximate surface area is 243 Å². The standard InChI is InChI=1S/C30H49N3O8/c1-19(7-8-20(2)34)15-28(39)32-26(13-10-22(4)36)17-30(41)33-27(14-11-23(5)37)18-29(40)31-25(16-24(6)38)12-9-21(3)35/h19,25-27H,7-18H2,1-6H3,(H,31,40)(H,32,39)(H,33,41). The molecule has 11 nitrogen and oxygen atoms in total. The number of hydrogen-bond acceptors (Lipinski definition) is 8. The molecule has 0 spiro atoms. The summed E-state index contributed by atoms with van der Waals surface area (Å²) < 4.78 is 0. The average molecular weight is 580 g/mol. The van der Waals surface area contributed by atoms with Gasteiger partial charge in [0, 0.05) is 69.5 Å². The Bertz CT molecular complexity index is 946. The molecule has 4 atom stereocenters. The van der Waals surface area contributed by atoms with Gasteiger partial charge >= 0.3 is 0 Å². The molecule has 0 fully saturated rings. The first kappa shape index (κ1) is 37.8. The van der Waals surface area contributed by atoms with Crippen LogP contribution < -0.4 is 16.0 Å². The summed E-state index contributed by atoms with van der Waals surface area (Å²) in [6, 6.07) is -1.80. The van der Waals surface area contributed by atoms with Crippen LogP contribution in [-0.2, 0) is 38.4 Å². The molecule has 0 saturated heterocycles. The van der Waals surface area contributed by atoms with Crippen molar-refractivity contribution in [3.8, 4) is 0 Å².